The Morgan fingerprint density at radius 3 is 2.68 bits per heavy atom. The summed E-state index contributed by atoms with van der Waals surface area (Å²) in [7, 11) is 0. The summed E-state index contributed by atoms with van der Waals surface area (Å²) in [6.45, 7) is 6.57. The van der Waals surface area contributed by atoms with Gasteiger partial charge in [-0.2, -0.15) is 0 Å². The molecule has 0 unspecified atom stereocenters. The summed E-state index contributed by atoms with van der Waals surface area (Å²) in [5, 5.41) is 9.46. The average molecular weight is 302 g/mol. The molecule has 1 aromatic carbocycles. The van der Waals surface area contributed by atoms with E-state index in [1.54, 1.807) is 0 Å². The van der Waals surface area contributed by atoms with Crippen molar-refractivity contribution in [2.75, 3.05) is 37.6 Å². The van der Waals surface area contributed by atoms with Crippen LogP contribution in [-0.2, 0) is 0 Å². The van der Waals surface area contributed by atoms with Crippen LogP contribution in [0.15, 0.2) is 23.0 Å². The number of H-pyrrole nitrogens is 1. The van der Waals surface area contributed by atoms with Gasteiger partial charge >= 0.3 is 5.97 Å². The Kier molecular flexibility index (Phi) is 3.81. The van der Waals surface area contributed by atoms with Crippen molar-refractivity contribution in [1.29, 1.82) is 0 Å². The molecule has 0 saturated carbocycles. The molecule has 3 rings (SSSR count). The van der Waals surface area contributed by atoms with E-state index in [1.807, 2.05) is 4.90 Å². The molecule has 116 valence electrons. The first kappa shape index (κ1) is 14.5. The van der Waals surface area contributed by atoms with Crippen molar-refractivity contribution in [3.8, 4) is 0 Å². The fraction of sp³-hybridized carbons (Fsp3) is 0.400. The van der Waals surface area contributed by atoms with E-state index in [4.69, 9.17) is 5.11 Å². The van der Waals surface area contributed by atoms with Gasteiger partial charge in [0.25, 0.3) is 5.56 Å². The standard InChI is InChI=1S/C15H18N4O3/c1-2-18-5-7-19(8-6-18)15-16-12-9-10(14(21)22)3-4-11(12)13(20)17-15/h3-4,9H,2,5-8H2,1H3,(H,21,22)(H,16,17,20). The Balaban J connectivity index is 1.97. The third kappa shape index (κ3) is 2.67. The maximum Gasteiger partial charge on any atom is 0.335 e. The molecule has 7 nitrogen and oxygen atoms in total. The van der Waals surface area contributed by atoms with Crippen LogP contribution < -0.4 is 10.5 Å². The summed E-state index contributed by atoms with van der Waals surface area (Å²) in [4.78, 5) is 34.8. The molecule has 1 aromatic heterocycles. The number of carbonyl (C=O) groups is 1. The largest absolute Gasteiger partial charge is 0.478 e. The molecule has 1 aliphatic heterocycles. The normalized spacial score (nSPS) is 16.1. The van der Waals surface area contributed by atoms with E-state index < -0.39 is 5.97 Å². The van der Waals surface area contributed by atoms with Gasteiger partial charge in [0.2, 0.25) is 5.95 Å². The Morgan fingerprint density at radius 1 is 1.32 bits per heavy atom. The van der Waals surface area contributed by atoms with Crippen LogP contribution in [0.25, 0.3) is 10.9 Å². The number of rotatable bonds is 3. The fourth-order valence-electron chi connectivity index (χ4n) is 2.69. The minimum Gasteiger partial charge on any atom is -0.478 e. The van der Waals surface area contributed by atoms with Gasteiger partial charge in [0, 0.05) is 26.2 Å². The van der Waals surface area contributed by atoms with E-state index in [0.29, 0.717) is 16.9 Å². The second-order valence-corrected chi connectivity index (χ2v) is 5.35. The zero-order valence-electron chi connectivity index (χ0n) is 12.4. The number of hydrogen-bond acceptors (Lipinski definition) is 5. The number of aromatic carboxylic acids is 1. The van der Waals surface area contributed by atoms with Gasteiger partial charge in [-0.1, -0.05) is 6.92 Å². The van der Waals surface area contributed by atoms with Gasteiger partial charge in [0.05, 0.1) is 16.5 Å². The molecule has 1 aliphatic rings. The van der Waals surface area contributed by atoms with Crippen LogP contribution in [0.5, 0.6) is 0 Å². The smallest absolute Gasteiger partial charge is 0.335 e. The van der Waals surface area contributed by atoms with Crippen molar-refractivity contribution in [3.05, 3.63) is 34.1 Å². The Labute approximate surface area is 127 Å². The maximum absolute atomic E-state index is 12.2. The number of fused-ring (bicyclic) bond motifs is 1. The van der Waals surface area contributed by atoms with Crippen LogP contribution in [0, 0.1) is 0 Å². The number of carboxylic acids is 1. The number of anilines is 1. The number of benzene rings is 1. The molecule has 2 N–H and O–H groups in total. The van der Waals surface area contributed by atoms with Crippen molar-refractivity contribution in [3.63, 3.8) is 0 Å². The number of piperazine rings is 1. The lowest BCUT2D eigenvalue weighted by atomic mass is 10.1. The highest BCUT2D eigenvalue weighted by atomic mass is 16.4. The maximum atomic E-state index is 12.2. The van der Waals surface area contributed by atoms with Gasteiger partial charge in [-0.3, -0.25) is 9.78 Å². The predicted molar refractivity (Wildman–Crippen MR) is 83.7 cm³/mol. The molecule has 22 heavy (non-hydrogen) atoms. The third-order valence-electron chi connectivity index (χ3n) is 4.06. The lowest BCUT2D eigenvalue weighted by molar-refractivity contribution is 0.0697. The van der Waals surface area contributed by atoms with E-state index in [2.05, 4.69) is 21.8 Å². The molecule has 7 heteroatoms. The number of hydrogen-bond donors (Lipinski definition) is 2. The number of carboxylic acid groups (broad SMARTS) is 1. The summed E-state index contributed by atoms with van der Waals surface area (Å²) < 4.78 is 0. The van der Waals surface area contributed by atoms with Gasteiger partial charge in [-0.25, -0.2) is 9.78 Å². The lowest BCUT2D eigenvalue weighted by Gasteiger charge is -2.34. The Hall–Kier alpha value is -2.41. The molecule has 0 radical (unpaired) electrons. The third-order valence-corrected chi connectivity index (χ3v) is 4.06. The van der Waals surface area contributed by atoms with E-state index in [0.717, 1.165) is 32.7 Å². The Bertz CT molecular complexity index is 763. The summed E-state index contributed by atoms with van der Waals surface area (Å²) in [6, 6.07) is 4.36. The molecular formula is C15H18N4O3. The predicted octanol–water partition coefficient (Wildman–Crippen LogP) is 0.763. The van der Waals surface area contributed by atoms with Crippen molar-refractivity contribution >= 4 is 22.8 Å². The quantitative estimate of drug-likeness (QED) is 0.870. The van der Waals surface area contributed by atoms with Gasteiger partial charge in [0.1, 0.15) is 0 Å². The minimum atomic E-state index is -1.03. The van der Waals surface area contributed by atoms with Crippen LogP contribution in [0.4, 0.5) is 5.95 Å². The number of aromatic amines is 1. The second-order valence-electron chi connectivity index (χ2n) is 5.35. The van der Waals surface area contributed by atoms with Crippen molar-refractivity contribution in [2.24, 2.45) is 0 Å². The number of aromatic nitrogens is 2. The van der Waals surface area contributed by atoms with Crippen molar-refractivity contribution in [2.45, 2.75) is 6.92 Å². The second kappa shape index (κ2) is 5.76. The van der Waals surface area contributed by atoms with E-state index in [9.17, 15) is 9.59 Å². The molecule has 0 bridgehead atoms. The molecule has 0 amide bonds. The fourth-order valence-corrected chi connectivity index (χ4v) is 2.69. The molecule has 0 atom stereocenters. The van der Waals surface area contributed by atoms with E-state index >= 15 is 0 Å². The highest BCUT2D eigenvalue weighted by Crippen LogP contribution is 2.15. The lowest BCUT2D eigenvalue weighted by Crippen LogP contribution is -2.47. The summed E-state index contributed by atoms with van der Waals surface area (Å²) in [6.07, 6.45) is 0. The van der Waals surface area contributed by atoms with Crippen LogP contribution in [0.2, 0.25) is 0 Å². The van der Waals surface area contributed by atoms with Crippen LogP contribution >= 0.6 is 0 Å². The molecule has 1 fully saturated rings. The number of likely N-dealkylation sites (N-methyl/N-ethyl adjacent to an activating group) is 1. The summed E-state index contributed by atoms with van der Waals surface area (Å²) in [5.74, 6) is -0.516. The van der Waals surface area contributed by atoms with Crippen molar-refractivity contribution < 1.29 is 9.90 Å². The first-order valence-corrected chi connectivity index (χ1v) is 7.33. The topological polar surface area (TPSA) is 89.5 Å². The van der Waals surface area contributed by atoms with Gasteiger partial charge in [-0.15, -0.1) is 0 Å². The molecule has 0 aliphatic carbocycles. The first-order chi connectivity index (χ1) is 10.6. The van der Waals surface area contributed by atoms with Gasteiger partial charge in [0.15, 0.2) is 0 Å². The van der Waals surface area contributed by atoms with Gasteiger partial charge < -0.3 is 14.9 Å². The van der Waals surface area contributed by atoms with E-state index in [1.165, 1.54) is 18.2 Å². The molecular weight excluding hydrogens is 284 g/mol. The SMILES string of the molecule is CCN1CCN(c2nc3cc(C(=O)O)ccc3c(=O)[nH]2)CC1. The average Bonchev–Trinajstić information content (AvgIpc) is 2.54. The summed E-state index contributed by atoms with van der Waals surface area (Å²) in [5.41, 5.74) is 0.304. The molecule has 2 heterocycles. The highest BCUT2D eigenvalue weighted by molar-refractivity contribution is 5.93. The van der Waals surface area contributed by atoms with E-state index in [-0.39, 0.29) is 11.1 Å². The first-order valence-electron chi connectivity index (χ1n) is 7.33. The highest BCUT2D eigenvalue weighted by Gasteiger charge is 2.18. The van der Waals surface area contributed by atoms with Crippen LogP contribution in [0.3, 0.4) is 0 Å². The minimum absolute atomic E-state index is 0.132. The number of nitrogens with zero attached hydrogens (tertiary/aromatic N) is 3. The summed E-state index contributed by atoms with van der Waals surface area (Å²) >= 11 is 0. The zero-order chi connectivity index (χ0) is 15.7. The molecule has 2 aromatic rings. The van der Waals surface area contributed by atoms with Crippen LogP contribution in [-0.4, -0.2) is 58.7 Å². The van der Waals surface area contributed by atoms with Crippen molar-refractivity contribution in [1.82, 2.24) is 14.9 Å². The Morgan fingerprint density at radius 2 is 2.05 bits per heavy atom. The molecule has 0 spiro atoms. The molecule has 1 saturated heterocycles. The van der Waals surface area contributed by atoms with Crippen LogP contribution in [0.1, 0.15) is 17.3 Å². The number of nitrogens with one attached hydrogen (secondary N) is 1. The van der Waals surface area contributed by atoms with Gasteiger partial charge in [-0.05, 0) is 24.7 Å². The monoisotopic (exact) mass is 302 g/mol. The zero-order valence-corrected chi connectivity index (χ0v) is 12.4.